The number of hydrogen-bond acceptors (Lipinski definition) is 15. The molecule has 2 aliphatic heterocycles. The number of hydrogen-bond donors (Lipinski definition) is 4. The first-order chi connectivity index (χ1) is 17.7. The minimum atomic E-state index is -1.63. The lowest BCUT2D eigenvalue weighted by Gasteiger charge is -2.48. The molecule has 2 rings (SSSR count). The predicted molar refractivity (Wildman–Crippen MR) is 125 cm³/mol. The van der Waals surface area contributed by atoms with E-state index in [1.54, 1.807) is 0 Å². The van der Waals surface area contributed by atoms with Crippen LogP contribution in [-0.4, -0.2) is 114 Å². The number of nitrogens with one attached hydrogen (secondary N) is 1. The third kappa shape index (κ3) is 8.51. The van der Waals surface area contributed by atoms with Crippen LogP contribution in [0.1, 0.15) is 34.6 Å². The molecule has 2 heterocycles. The predicted octanol–water partition coefficient (Wildman–Crippen LogP) is -2.03. The highest BCUT2D eigenvalue weighted by molar-refractivity contribution is 7.80. The van der Waals surface area contributed by atoms with Gasteiger partial charge in [0.05, 0.1) is 12.6 Å². The van der Waals surface area contributed by atoms with Gasteiger partial charge in [-0.3, -0.25) is 24.0 Å². The molecule has 15 nitrogen and oxygen atoms in total. The van der Waals surface area contributed by atoms with Gasteiger partial charge in [-0.25, -0.2) is 0 Å². The summed E-state index contributed by atoms with van der Waals surface area (Å²) in [5.74, 6) is -3.72. The largest absolute Gasteiger partial charge is 0.463 e. The van der Waals surface area contributed by atoms with Crippen molar-refractivity contribution in [3.05, 3.63) is 0 Å². The van der Waals surface area contributed by atoms with Crippen molar-refractivity contribution in [1.82, 2.24) is 5.32 Å². The maximum atomic E-state index is 12.0. The van der Waals surface area contributed by atoms with Gasteiger partial charge in [-0.15, -0.1) is 12.6 Å². The molecule has 2 aliphatic rings. The number of carbonyl (C=O) groups excluding carboxylic acids is 5. The summed E-state index contributed by atoms with van der Waals surface area (Å²) in [5.41, 5.74) is -1.06. The van der Waals surface area contributed by atoms with Crippen LogP contribution < -0.4 is 5.32 Å². The molecule has 0 aromatic rings. The average Bonchev–Trinajstić information content (AvgIpc) is 2.79. The van der Waals surface area contributed by atoms with Crippen LogP contribution in [0.2, 0.25) is 0 Å². The molecule has 0 aromatic carbocycles. The summed E-state index contributed by atoms with van der Waals surface area (Å²) in [4.78, 5) is 59.2. The van der Waals surface area contributed by atoms with Gasteiger partial charge in [-0.05, 0) is 0 Å². The van der Waals surface area contributed by atoms with E-state index in [9.17, 15) is 34.2 Å². The van der Waals surface area contributed by atoms with E-state index < -0.39 is 103 Å². The summed E-state index contributed by atoms with van der Waals surface area (Å²) in [5, 5.41) is 23.1. The van der Waals surface area contributed by atoms with Crippen LogP contribution in [0.25, 0.3) is 0 Å². The molecule has 2 fully saturated rings. The van der Waals surface area contributed by atoms with Gasteiger partial charge in [0.25, 0.3) is 0 Å². The van der Waals surface area contributed by atoms with Crippen molar-refractivity contribution < 1.29 is 67.3 Å². The second-order valence-electron chi connectivity index (χ2n) is 8.63. The van der Waals surface area contributed by atoms with Crippen LogP contribution >= 0.6 is 12.6 Å². The number of thiol groups is 1. The van der Waals surface area contributed by atoms with Crippen molar-refractivity contribution in [1.29, 1.82) is 0 Å². The molecular formula is C22H33NO14S. The first-order valence-corrected chi connectivity index (χ1v) is 12.1. The molecule has 0 unspecified atom stereocenters. The highest BCUT2D eigenvalue weighted by atomic mass is 32.1. The Labute approximate surface area is 223 Å². The Hall–Kier alpha value is -2.50. The average molecular weight is 568 g/mol. The van der Waals surface area contributed by atoms with Gasteiger partial charge < -0.3 is 48.7 Å². The fourth-order valence-electron chi connectivity index (χ4n) is 4.09. The lowest BCUT2D eigenvalue weighted by Crippen LogP contribution is -2.68. The second kappa shape index (κ2) is 14.0. The van der Waals surface area contributed by atoms with Crippen molar-refractivity contribution in [2.24, 2.45) is 0 Å². The van der Waals surface area contributed by atoms with E-state index in [1.807, 2.05) is 0 Å². The van der Waals surface area contributed by atoms with Crippen LogP contribution in [0.4, 0.5) is 0 Å². The quantitative estimate of drug-likeness (QED) is 0.135. The molecular weight excluding hydrogens is 534 g/mol. The molecule has 16 heteroatoms. The van der Waals surface area contributed by atoms with E-state index in [2.05, 4.69) is 17.9 Å². The van der Waals surface area contributed by atoms with Crippen LogP contribution in [0.15, 0.2) is 0 Å². The van der Waals surface area contributed by atoms with Gasteiger partial charge in [-0.1, -0.05) is 0 Å². The fourth-order valence-corrected chi connectivity index (χ4v) is 4.49. The smallest absolute Gasteiger partial charge is 0.303 e. The Bertz CT molecular complexity index is 886. The molecule has 0 saturated carbocycles. The van der Waals surface area contributed by atoms with Crippen molar-refractivity contribution in [2.45, 2.75) is 95.1 Å². The number of ether oxygens (including phenoxy) is 7. The van der Waals surface area contributed by atoms with Crippen molar-refractivity contribution >= 4 is 42.4 Å². The summed E-state index contributed by atoms with van der Waals surface area (Å²) in [6.07, 6.45) is -11.5. The maximum absolute atomic E-state index is 12.0. The number of esters is 4. The standard InChI is InChI=1S/C22H33NO14S/c1-8(25)23-15-18(16(30)13(6-24)36-22(15)38)37-21-20(34-12(5)29)19(33-11(4)28)17(32-10(3)27)14(35-21)7-31-9(2)26/h13-22,24,30,38H,6-7H2,1-5H3,(H,23,25)/t13-,14-,15-,16-,17-,18-,19+,20-,21+,22-/m1/s1. The monoisotopic (exact) mass is 567 g/mol. The lowest BCUT2D eigenvalue weighted by molar-refractivity contribution is -0.332. The van der Waals surface area contributed by atoms with Crippen LogP contribution in [0.3, 0.4) is 0 Å². The molecule has 0 aromatic heterocycles. The third-order valence-corrected chi connectivity index (χ3v) is 5.93. The number of carbonyl (C=O) groups is 5. The van der Waals surface area contributed by atoms with Crippen molar-refractivity contribution in [2.75, 3.05) is 13.2 Å². The molecule has 1 amide bonds. The zero-order valence-electron chi connectivity index (χ0n) is 21.4. The number of aliphatic hydroxyl groups excluding tert-OH is 2. The molecule has 0 bridgehead atoms. The number of rotatable bonds is 9. The molecule has 2 saturated heterocycles. The van der Waals surface area contributed by atoms with E-state index in [4.69, 9.17) is 33.2 Å². The molecule has 0 spiro atoms. The van der Waals surface area contributed by atoms with Gasteiger partial charge in [0.1, 0.15) is 36.5 Å². The van der Waals surface area contributed by atoms with Crippen molar-refractivity contribution in [3.63, 3.8) is 0 Å². The first kappa shape index (κ1) is 31.7. The van der Waals surface area contributed by atoms with Gasteiger partial charge in [-0.2, -0.15) is 0 Å². The molecule has 38 heavy (non-hydrogen) atoms. The van der Waals surface area contributed by atoms with E-state index in [1.165, 1.54) is 6.92 Å². The van der Waals surface area contributed by atoms with Gasteiger partial charge >= 0.3 is 23.9 Å². The molecule has 216 valence electrons. The van der Waals surface area contributed by atoms with Gasteiger partial charge in [0.2, 0.25) is 5.91 Å². The topological polar surface area (TPSA) is 202 Å². The molecule has 0 aliphatic carbocycles. The number of aliphatic hydroxyl groups is 2. The summed E-state index contributed by atoms with van der Waals surface area (Å²) < 4.78 is 38.3. The van der Waals surface area contributed by atoms with Crippen LogP contribution in [0, 0.1) is 0 Å². The fraction of sp³-hybridized carbons (Fsp3) is 0.773. The Morgan fingerprint density at radius 1 is 0.789 bits per heavy atom. The Morgan fingerprint density at radius 2 is 1.34 bits per heavy atom. The highest BCUT2D eigenvalue weighted by Crippen LogP contribution is 2.33. The lowest BCUT2D eigenvalue weighted by atomic mass is 9.95. The number of amides is 1. The zero-order valence-corrected chi connectivity index (χ0v) is 22.3. The van der Waals surface area contributed by atoms with Gasteiger partial charge in [0, 0.05) is 34.6 Å². The Balaban J connectivity index is 2.54. The SMILES string of the molecule is CC(=O)N[C@@H]1[C@@H](O[C@@H]2O[C@H](COC(C)=O)[C@@H](OC(C)=O)[C@H](OC(C)=O)[C@H]2OC(C)=O)[C@H](O)[C@@H](CO)O[C@@H]1S. The summed E-state index contributed by atoms with van der Waals surface area (Å²) in [6.45, 7) is 4.41. The summed E-state index contributed by atoms with van der Waals surface area (Å²) in [6, 6.07) is -1.10. The zero-order chi connectivity index (χ0) is 28.7. The molecule has 10 atom stereocenters. The second-order valence-corrected chi connectivity index (χ2v) is 9.14. The summed E-state index contributed by atoms with van der Waals surface area (Å²) in [7, 11) is 0. The van der Waals surface area contributed by atoms with E-state index in [0.29, 0.717) is 0 Å². The highest BCUT2D eigenvalue weighted by Gasteiger charge is 2.55. The minimum absolute atomic E-state index is 0.488. The van der Waals surface area contributed by atoms with E-state index in [-0.39, 0.29) is 0 Å². The van der Waals surface area contributed by atoms with Gasteiger partial charge in [0.15, 0.2) is 24.6 Å². The van der Waals surface area contributed by atoms with Crippen molar-refractivity contribution in [3.8, 4) is 0 Å². The third-order valence-electron chi connectivity index (χ3n) is 5.48. The first-order valence-electron chi connectivity index (χ1n) is 11.6. The Kier molecular flexibility index (Phi) is 11.7. The minimum Gasteiger partial charge on any atom is -0.463 e. The van der Waals surface area contributed by atoms with Crippen LogP contribution in [-0.2, 0) is 57.1 Å². The molecule has 0 radical (unpaired) electrons. The van der Waals surface area contributed by atoms with Crippen LogP contribution in [0.5, 0.6) is 0 Å². The molecule has 3 N–H and O–H groups in total. The van der Waals surface area contributed by atoms with E-state index in [0.717, 1.165) is 27.7 Å². The maximum Gasteiger partial charge on any atom is 0.303 e. The summed E-state index contributed by atoms with van der Waals surface area (Å²) >= 11 is 4.28. The normalized spacial score (nSPS) is 34.9. The Morgan fingerprint density at radius 3 is 1.84 bits per heavy atom. The van der Waals surface area contributed by atoms with E-state index >= 15 is 0 Å².